The summed E-state index contributed by atoms with van der Waals surface area (Å²) in [4.78, 5) is 11.5. The number of hydrogen-bond donors (Lipinski definition) is 3. The lowest BCUT2D eigenvalue weighted by Gasteiger charge is -2.08. The van der Waals surface area contributed by atoms with E-state index in [1.165, 1.54) is 11.3 Å². The Labute approximate surface area is 94.4 Å². The summed E-state index contributed by atoms with van der Waals surface area (Å²) >= 11 is 0. The first kappa shape index (κ1) is 9.51. The molecular formula is C12H15N3O. The minimum absolute atomic E-state index is 0.0894. The van der Waals surface area contributed by atoms with Crippen molar-refractivity contribution >= 4 is 17.4 Å². The molecule has 0 atom stereocenters. The average molecular weight is 217 g/mol. The standard InChI is InChI=1S/C12H15N3O/c16-12(14-9-1-2-9)15-10-3-4-11-8(7-10)5-6-13-11/h3-4,7,9,13H,1-2,5-6H2,(H2,14,15,16). The van der Waals surface area contributed by atoms with Gasteiger partial charge in [0.25, 0.3) is 0 Å². The van der Waals surface area contributed by atoms with Gasteiger partial charge in [0, 0.05) is 24.0 Å². The molecule has 2 aliphatic rings. The largest absolute Gasteiger partial charge is 0.384 e. The van der Waals surface area contributed by atoms with E-state index in [1.807, 2.05) is 18.2 Å². The minimum atomic E-state index is -0.0894. The second kappa shape index (κ2) is 3.70. The molecule has 0 saturated heterocycles. The van der Waals surface area contributed by atoms with Crippen LogP contribution in [0.3, 0.4) is 0 Å². The van der Waals surface area contributed by atoms with Crippen LogP contribution in [-0.2, 0) is 6.42 Å². The Kier molecular flexibility index (Phi) is 2.20. The van der Waals surface area contributed by atoms with Crippen molar-refractivity contribution in [1.29, 1.82) is 0 Å². The van der Waals surface area contributed by atoms with E-state index in [9.17, 15) is 4.79 Å². The maximum atomic E-state index is 11.5. The first-order valence-electron chi connectivity index (χ1n) is 5.75. The third kappa shape index (κ3) is 1.96. The van der Waals surface area contributed by atoms with Crippen molar-refractivity contribution in [3.63, 3.8) is 0 Å². The van der Waals surface area contributed by atoms with E-state index in [4.69, 9.17) is 0 Å². The molecule has 1 aliphatic carbocycles. The van der Waals surface area contributed by atoms with Gasteiger partial charge in [0.15, 0.2) is 0 Å². The molecule has 1 saturated carbocycles. The molecule has 16 heavy (non-hydrogen) atoms. The highest BCUT2D eigenvalue weighted by atomic mass is 16.2. The molecule has 2 amide bonds. The number of rotatable bonds is 2. The van der Waals surface area contributed by atoms with Gasteiger partial charge in [0.1, 0.15) is 0 Å². The number of carbonyl (C=O) groups is 1. The van der Waals surface area contributed by atoms with Gasteiger partial charge in [-0.25, -0.2) is 4.79 Å². The van der Waals surface area contributed by atoms with Crippen LogP contribution in [0.15, 0.2) is 18.2 Å². The normalized spacial score (nSPS) is 17.5. The van der Waals surface area contributed by atoms with Crippen molar-refractivity contribution in [3.05, 3.63) is 23.8 Å². The Hall–Kier alpha value is -1.71. The van der Waals surface area contributed by atoms with E-state index >= 15 is 0 Å². The summed E-state index contributed by atoms with van der Waals surface area (Å²) < 4.78 is 0. The maximum Gasteiger partial charge on any atom is 0.319 e. The Morgan fingerprint density at radius 1 is 1.38 bits per heavy atom. The molecule has 0 radical (unpaired) electrons. The topological polar surface area (TPSA) is 53.2 Å². The average Bonchev–Trinajstić information content (AvgIpc) is 2.95. The summed E-state index contributed by atoms with van der Waals surface area (Å²) in [5, 5.41) is 9.06. The van der Waals surface area contributed by atoms with E-state index in [0.29, 0.717) is 6.04 Å². The van der Waals surface area contributed by atoms with Crippen LogP contribution in [0.2, 0.25) is 0 Å². The fourth-order valence-electron chi connectivity index (χ4n) is 1.96. The predicted octanol–water partition coefficient (Wildman–Crippen LogP) is 1.94. The lowest BCUT2D eigenvalue weighted by Crippen LogP contribution is -2.30. The molecule has 1 aliphatic heterocycles. The Morgan fingerprint density at radius 3 is 3.06 bits per heavy atom. The minimum Gasteiger partial charge on any atom is -0.384 e. The smallest absolute Gasteiger partial charge is 0.319 e. The molecule has 4 nitrogen and oxygen atoms in total. The predicted molar refractivity (Wildman–Crippen MR) is 63.8 cm³/mol. The second-order valence-corrected chi connectivity index (χ2v) is 4.42. The molecule has 3 rings (SSSR count). The molecule has 1 fully saturated rings. The van der Waals surface area contributed by atoms with Crippen molar-refractivity contribution in [2.45, 2.75) is 25.3 Å². The molecule has 1 aromatic carbocycles. The van der Waals surface area contributed by atoms with Crippen LogP contribution in [-0.4, -0.2) is 18.6 Å². The molecule has 0 spiro atoms. The van der Waals surface area contributed by atoms with Gasteiger partial charge >= 0.3 is 6.03 Å². The van der Waals surface area contributed by atoms with Gasteiger partial charge in [-0.15, -0.1) is 0 Å². The highest BCUT2D eigenvalue weighted by molar-refractivity contribution is 5.90. The number of fused-ring (bicyclic) bond motifs is 1. The van der Waals surface area contributed by atoms with Crippen molar-refractivity contribution in [2.75, 3.05) is 17.2 Å². The van der Waals surface area contributed by atoms with Gasteiger partial charge in [0.05, 0.1) is 0 Å². The zero-order valence-electron chi connectivity index (χ0n) is 9.05. The number of anilines is 2. The summed E-state index contributed by atoms with van der Waals surface area (Å²) in [7, 11) is 0. The van der Waals surface area contributed by atoms with Gasteiger partial charge in [0.2, 0.25) is 0 Å². The molecule has 0 aromatic heterocycles. The van der Waals surface area contributed by atoms with Crippen LogP contribution >= 0.6 is 0 Å². The van der Waals surface area contributed by atoms with Crippen LogP contribution in [0, 0.1) is 0 Å². The van der Waals surface area contributed by atoms with E-state index in [2.05, 4.69) is 16.0 Å². The van der Waals surface area contributed by atoms with Gasteiger partial charge in [-0.2, -0.15) is 0 Å². The van der Waals surface area contributed by atoms with E-state index in [0.717, 1.165) is 31.5 Å². The molecule has 1 heterocycles. The maximum absolute atomic E-state index is 11.5. The molecule has 0 unspecified atom stereocenters. The number of carbonyl (C=O) groups excluding carboxylic acids is 1. The highest BCUT2D eigenvalue weighted by Crippen LogP contribution is 2.25. The number of nitrogens with one attached hydrogen (secondary N) is 3. The second-order valence-electron chi connectivity index (χ2n) is 4.42. The van der Waals surface area contributed by atoms with E-state index in [1.54, 1.807) is 0 Å². The Balaban J connectivity index is 1.67. The van der Waals surface area contributed by atoms with Crippen molar-refractivity contribution in [2.24, 2.45) is 0 Å². The zero-order valence-corrected chi connectivity index (χ0v) is 9.05. The van der Waals surface area contributed by atoms with Crippen LogP contribution in [0.25, 0.3) is 0 Å². The number of urea groups is 1. The molecule has 4 heteroatoms. The van der Waals surface area contributed by atoms with Gasteiger partial charge < -0.3 is 16.0 Å². The highest BCUT2D eigenvalue weighted by Gasteiger charge is 2.23. The zero-order chi connectivity index (χ0) is 11.0. The fraction of sp³-hybridized carbons (Fsp3) is 0.417. The van der Waals surface area contributed by atoms with Crippen LogP contribution in [0.1, 0.15) is 18.4 Å². The molecule has 84 valence electrons. The third-order valence-corrected chi connectivity index (χ3v) is 2.99. The van der Waals surface area contributed by atoms with E-state index < -0.39 is 0 Å². The van der Waals surface area contributed by atoms with Crippen molar-refractivity contribution < 1.29 is 4.79 Å². The third-order valence-electron chi connectivity index (χ3n) is 2.99. The summed E-state index contributed by atoms with van der Waals surface area (Å²) in [6.45, 7) is 0.993. The summed E-state index contributed by atoms with van der Waals surface area (Å²) in [5.74, 6) is 0. The number of hydrogen-bond acceptors (Lipinski definition) is 2. The summed E-state index contributed by atoms with van der Waals surface area (Å²) in [5.41, 5.74) is 3.35. The molecule has 3 N–H and O–H groups in total. The molecular weight excluding hydrogens is 202 g/mol. The Bertz CT molecular complexity index is 426. The monoisotopic (exact) mass is 217 g/mol. The first-order chi connectivity index (χ1) is 7.81. The summed E-state index contributed by atoms with van der Waals surface area (Å²) in [6, 6.07) is 6.31. The fourth-order valence-corrected chi connectivity index (χ4v) is 1.96. The van der Waals surface area contributed by atoms with Gasteiger partial charge in [-0.3, -0.25) is 0 Å². The van der Waals surface area contributed by atoms with Crippen molar-refractivity contribution in [1.82, 2.24) is 5.32 Å². The van der Waals surface area contributed by atoms with Crippen LogP contribution in [0.4, 0.5) is 16.2 Å². The van der Waals surface area contributed by atoms with Crippen molar-refractivity contribution in [3.8, 4) is 0 Å². The van der Waals surface area contributed by atoms with Crippen LogP contribution < -0.4 is 16.0 Å². The first-order valence-corrected chi connectivity index (χ1v) is 5.75. The molecule has 0 bridgehead atoms. The number of benzene rings is 1. The van der Waals surface area contributed by atoms with Gasteiger partial charge in [-0.1, -0.05) is 0 Å². The summed E-state index contributed by atoms with van der Waals surface area (Å²) in [6.07, 6.45) is 3.26. The number of amides is 2. The molecule has 1 aromatic rings. The lowest BCUT2D eigenvalue weighted by atomic mass is 10.1. The Morgan fingerprint density at radius 2 is 2.25 bits per heavy atom. The van der Waals surface area contributed by atoms with Gasteiger partial charge in [-0.05, 0) is 43.0 Å². The quantitative estimate of drug-likeness (QED) is 0.709. The lowest BCUT2D eigenvalue weighted by molar-refractivity contribution is 0.251. The van der Waals surface area contributed by atoms with E-state index in [-0.39, 0.29) is 6.03 Å². The van der Waals surface area contributed by atoms with Crippen LogP contribution in [0.5, 0.6) is 0 Å². The SMILES string of the molecule is O=C(Nc1ccc2c(c1)CCN2)NC1CC1.